The van der Waals surface area contributed by atoms with Crippen LogP contribution in [0.15, 0.2) is 9.41 Å². The third-order valence-electron chi connectivity index (χ3n) is 3.86. The van der Waals surface area contributed by atoms with E-state index >= 15 is 0 Å². The molecule has 1 saturated carbocycles. The van der Waals surface area contributed by atoms with Crippen LogP contribution in [-0.2, 0) is 16.4 Å². The Kier molecular flexibility index (Phi) is 4.79. The molecule has 0 aliphatic heterocycles. The molecule has 22 heavy (non-hydrogen) atoms. The quantitative estimate of drug-likeness (QED) is 0.592. The van der Waals surface area contributed by atoms with Gasteiger partial charge in [-0.3, -0.25) is 4.99 Å². The summed E-state index contributed by atoms with van der Waals surface area (Å²) < 4.78 is 28.4. The van der Waals surface area contributed by atoms with E-state index in [-0.39, 0.29) is 11.2 Å². The van der Waals surface area contributed by atoms with Crippen molar-refractivity contribution >= 4 is 15.8 Å². The summed E-state index contributed by atoms with van der Waals surface area (Å²) in [5.41, 5.74) is 0.742. The standard InChI is InChI=1S/C14H24N4O3S/c1-10-11(2)21-12(18-10)7-16-13(15-3)17-8-14(5-6-14)9-22(4,19)20/h5-9H2,1-4H3,(H2,15,16,17). The fraction of sp³-hybridized carbons (Fsp3) is 0.714. The number of hydrogen-bond acceptors (Lipinski definition) is 5. The van der Waals surface area contributed by atoms with E-state index in [0.29, 0.717) is 24.9 Å². The molecule has 1 aliphatic rings. The average Bonchev–Trinajstić information content (AvgIpc) is 3.07. The highest BCUT2D eigenvalue weighted by Crippen LogP contribution is 2.45. The molecule has 2 N–H and O–H groups in total. The maximum atomic E-state index is 11.5. The fourth-order valence-corrected chi connectivity index (χ4v) is 3.87. The van der Waals surface area contributed by atoms with Crippen LogP contribution < -0.4 is 10.6 Å². The molecule has 0 aromatic carbocycles. The molecule has 0 spiro atoms. The minimum atomic E-state index is -2.96. The van der Waals surface area contributed by atoms with E-state index in [2.05, 4.69) is 20.6 Å². The second-order valence-electron chi connectivity index (χ2n) is 6.10. The molecule has 0 amide bonds. The van der Waals surface area contributed by atoms with Gasteiger partial charge in [-0.15, -0.1) is 0 Å². The SMILES string of the molecule is CN=C(NCc1nc(C)c(C)o1)NCC1(CS(C)(=O)=O)CC1. The van der Waals surface area contributed by atoms with Gasteiger partial charge in [0.15, 0.2) is 5.96 Å². The number of hydrogen-bond donors (Lipinski definition) is 2. The van der Waals surface area contributed by atoms with Crippen LogP contribution in [-0.4, -0.2) is 45.0 Å². The average molecular weight is 328 g/mol. The molecule has 1 aromatic heterocycles. The van der Waals surface area contributed by atoms with Gasteiger partial charge in [0.2, 0.25) is 5.89 Å². The van der Waals surface area contributed by atoms with Gasteiger partial charge >= 0.3 is 0 Å². The third kappa shape index (κ3) is 4.72. The Morgan fingerprint density at radius 1 is 1.36 bits per heavy atom. The second kappa shape index (κ2) is 6.28. The number of sulfone groups is 1. The molecule has 8 heteroatoms. The number of rotatable bonds is 6. The summed E-state index contributed by atoms with van der Waals surface area (Å²) in [6.07, 6.45) is 3.15. The molecule has 0 atom stereocenters. The third-order valence-corrected chi connectivity index (χ3v) is 5.00. The van der Waals surface area contributed by atoms with Gasteiger partial charge in [0.05, 0.1) is 18.0 Å². The summed E-state index contributed by atoms with van der Waals surface area (Å²) in [6, 6.07) is 0. The molecule has 0 radical (unpaired) electrons. The van der Waals surface area contributed by atoms with E-state index in [1.165, 1.54) is 6.26 Å². The van der Waals surface area contributed by atoms with Crippen molar-refractivity contribution in [1.29, 1.82) is 0 Å². The number of nitrogens with zero attached hydrogens (tertiary/aromatic N) is 2. The number of aliphatic imine (C=N–C) groups is 1. The predicted octanol–water partition coefficient (Wildman–Crippen LogP) is 0.781. The largest absolute Gasteiger partial charge is 0.444 e. The lowest BCUT2D eigenvalue weighted by Crippen LogP contribution is -2.41. The van der Waals surface area contributed by atoms with Crippen LogP contribution in [0, 0.1) is 19.3 Å². The number of oxazole rings is 1. The number of guanidine groups is 1. The first-order chi connectivity index (χ1) is 10.2. The Morgan fingerprint density at radius 3 is 2.50 bits per heavy atom. The lowest BCUT2D eigenvalue weighted by atomic mass is 10.1. The van der Waals surface area contributed by atoms with E-state index in [0.717, 1.165) is 24.3 Å². The van der Waals surface area contributed by atoms with Gasteiger partial charge in [-0.2, -0.15) is 0 Å². The Bertz CT molecular complexity index is 640. The van der Waals surface area contributed by atoms with Crippen LogP contribution in [0.4, 0.5) is 0 Å². The molecule has 0 bridgehead atoms. The minimum absolute atomic E-state index is 0.138. The zero-order valence-electron chi connectivity index (χ0n) is 13.6. The summed E-state index contributed by atoms with van der Waals surface area (Å²) in [5.74, 6) is 2.26. The molecule has 124 valence electrons. The highest BCUT2D eigenvalue weighted by atomic mass is 32.2. The van der Waals surface area contributed by atoms with Gasteiger partial charge in [0.25, 0.3) is 0 Å². The molecule has 1 aliphatic carbocycles. The Labute approximate surface area is 131 Å². The van der Waals surface area contributed by atoms with Crippen LogP contribution in [0.5, 0.6) is 0 Å². The van der Waals surface area contributed by atoms with E-state index in [1.54, 1.807) is 7.05 Å². The molecule has 1 aromatic rings. The molecular weight excluding hydrogens is 304 g/mol. The summed E-state index contributed by atoms with van der Waals surface area (Å²) in [5, 5.41) is 6.31. The summed E-state index contributed by atoms with van der Waals surface area (Å²) in [7, 11) is -1.28. The molecular formula is C14H24N4O3S. The monoisotopic (exact) mass is 328 g/mol. The van der Waals surface area contributed by atoms with Crippen LogP contribution in [0.1, 0.15) is 30.2 Å². The van der Waals surface area contributed by atoms with Gasteiger partial charge in [0, 0.05) is 25.3 Å². The minimum Gasteiger partial charge on any atom is -0.444 e. The van der Waals surface area contributed by atoms with Gasteiger partial charge in [-0.25, -0.2) is 13.4 Å². The smallest absolute Gasteiger partial charge is 0.214 e. The summed E-state index contributed by atoms with van der Waals surface area (Å²) >= 11 is 0. The van der Waals surface area contributed by atoms with Crippen molar-refractivity contribution in [3.05, 3.63) is 17.3 Å². The second-order valence-corrected chi connectivity index (χ2v) is 8.24. The van der Waals surface area contributed by atoms with Crippen molar-refractivity contribution in [2.24, 2.45) is 10.4 Å². The predicted molar refractivity (Wildman–Crippen MR) is 85.6 cm³/mol. The first-order valence-electron chi connectivity index (χ1n) is 7.28. The zero-order chi connectivity index (χ0) is 16.4. The molecule has 1 heterocycles. The number of aryl methyl sites for hydroxylation is 2. The van der Waals surface area contributed by atoms with E-state index in [1.807, 2.05) is 13.8 Å². The lowest BCUT2D eigenvalue weighted by molar-refractivity contribution is 0.462. The van der Waals surface area contributed by atoms with Crippen LogP contribution in [0.25, 0.3) is 0 Å². The summed E-state index contributed by atoms with van der Waals surface area (Å²) in [4.78, 5) is 8.43. The fourth-order valence-electron chi connectivity index (χ4n) is 2.37. The maximum Gasteiger partial charge on any atom is 0.214 e. The first-order valence-corrected chi connectivity index (χ1v) is 9.34. The maximum absolute atomic E-state index is 11.5. The van der Waals surface area contributed by atoms with E-state index in [4.69, 9.17) is 4.42 Å². The molecule has 0 saturated heterocycles. The Hall–Kier alpha value is -1.57. The number of nitrogens with one attached hydrogen (secondary N) is 2. The molecule has 7 nitrogen and oxygen atoms in total. The highest BCUT2D eigenvalue weighted by molar-refractivity contribution is 7.90. The zero-order valence-corrected chi connectivity index (χ0v) is 14.4. The van der Waals surface area contributed by atoms with Gasteiger partial charge in [-0.1, -0.05) is 0 Å². The van der Waals surface area contributed by atoms with Crippen molar-refractivity contribution < 1.29 is 12.8 Å². The molecule has 2 rings (SSSR count). The summed E-state index contributed by atoms with van der Waals surface area (Å²) in [6.45, 7) is 4.81. The van der Waals surface area contributed by atoms with Crippen molar-refractivity contribution in [1.82, 2.24) is 15.6 Å². The van der Waals surface area contributed by atoms with Crippen LogP contribution in [0.3, 0.4) is 0 Å². The Balaban J connectivity index is 1.83. The topological polar surface area (TPSA) is 96.6 Å². The first kappa shape index (κ1) is 16.8. The van der Waals surface area contributed by atoms with Crippen LogP contribution >= 0.6 is 0 Å². The van der Waals surface area contributed by atoms with Gasteiger partial charge in [-0.05, 0) is 26.7 Å². The van der Waals surface area contributed by atoms with Gasteiger partial charge in [0.1, 0.15) is 15.6 Å². The van der Waals surface area contributed by atoms with E-state index in [9.17, 15) is 8.42 Å². The molecule has 1 fully saturated rings. The molecule has 0 unspecified atom stereocenters. The lowest BCUT2D eigenvalue weighted by Gasteiger charge is -2.17. The Morgan fingerprint density at radius 2 is 2.05 bits per heavy atom. The van der Waals surface area contributed by atoms with Gasteiger partial charge < -0.3 is 15.1 Å². The number of aromatic nitrogens is 1. The van der Waals surface area contributed by atoms with Crippen molar-refractivity contribution in [2.75, 3.05) is 25.6 Å². The van der Waals surface area contributed by atoms with Crippen LogP contribution in [0.2, 0.25) is 0 Å². The van der Waals surface area contributed by atoms with Crippen molar-refractivity contribution in [3.8, 4) is 0 Å². The normalized spacial score (nSPS) is 17.4. The van der Waals surface area contributed by atoms with Crippen molar-refractivity contribution in [2.45, 2.75) is 33.2 Å². The van der Waals surface area contributed by atoms with Crippen molar-refractivity contribution in [3.63, 3.8) is 0 Å². The highest BCUT2D eigenvalue weighted by Gasteiger charge is 2.45. The van der Waals surface area contributed by atoms with E-state index < -0.39 is 9.84 Å².